The van der Waals surface area contributed by atoms with Gasteiger partial charge in [-0.25, -0.2) is 0 Å². The number of hydrogen-bond acceptors (Lipinski definition) is 4. The zero-order chi connectivity index (χ0) is 20.3. The second kappa shape index (κ2) is 7.60. The monoisotopic (exact) mass is 378 g/mol. The molecule has 1 heterocycles. The van der Waals surface area contributed by atoms with Crippen molar-refractivity contribution in [3.05, 3.63) is 77.7 Å². The molecule has 0 bridgehead atoms. The van der Waals surface area contributed by atoms with Crippen LogP contribution >= 0.6 is 0 Å². The third-order valence-electron chi connectivity index (χ3n) is 4.26. The Bertz CT molecular complexity index is 984. The molecule has 0 aliphatic heterocycles. The van der Waals surface area contributed by atoms with Crippen LogP contribution in [0.25, 0.3) is 0 Å². The Morgan fingerprint density at radius 2 is 1.64 bits per heavy atom. The van der Waals surface area contributed by atoms with Crippen LogP contribution in [-0.2, 0) is 5.41 Å². The molecule has 3 N–H and O–H groups in total. The summed E-state index contributed by atoms with van der Waals surface area (Å²) >= 11 is 0. The molecule has 6 heteroatoms. The molecule has 0 spiro atoms. The van der Waals surface area contributed by atoms with E-state index < -0.39 is 0 Å². The molecule has 28 heavy (non-hydrogen) atoms. The number of carbonyl (C=O) groups excluding carboxylic acids is 2. The lowest BCUT2D eigenvalue weighted by molar-refractivity contribution is 0.0995. The molecular weight excluding hydrogens is 356 g/mol. The van der Waals surface area contributed by atoms with Crippen molar-refractivity contribution in [2.45, 2.75) is 26.2 Å². The molecule has 3 aromatic rings. The number of rotatable bonds is 4. The third-order valence-corrected chi connectivity index (χ3v) is 4.26. The van der Waals surface area contributed by atoms with E-state index in [1.165, 1.54) is 6.26 Å². The fraction of sp³-hybridized carbons (Fsp3) is 0.182. The molecule has 6 nitrogen and oxygen atoms in total. The summed E-state index contributed by atoms with van der Waals surface area (Å²) in [6.07, 6.45) is 1.42. The van der Waals surface area contributed by atoms with Gasteiger partial charge in [-0.05, 0) is 59.5 Å². The molecule has 0 saturated heterocycles. The van der Waals surface area contributed by atoms with Crippen LogP contribution in [0, 0.1) is 0 Å². The van der Waals surface area contributed by atoms with E-state index in [1.807, 2.05) is 6.07 Å². The van der Waals surface area contributed by atoms with Crippen LogP contribution in [0.1, 0.15) is 47.2 Å². The van der Waals surface area contributed by atoms with Crippen molar-refractivity contribution in [2.24, 2.45) is 0 Å². The van der Waals surface area contributed by atoms with Gasteiger partial charge in [0, 0.05) is 11.3 Å². The topological polar surface area (TPSA) is 91.6 Å². The number of amides is 2. The molecule has 0 saturated carbocycles. The maximum absolute atomic E-state index is 12.5. The standard InChI is InChI=1S/C22H22N2O4/c1-22(2,3)15-8-11-18(25)17(13-15)24-20(26)14-6-9-16(10-7-14)23-21(27)19-5-4-12-28-19/h4-13,25H,1-3H3,(H,23,27)(H,24,26). The molecule has 0 aliphatic rings. The van der Waals surface area contributed by atoms with E-state index in [9.17, 15) is 14.7 Å². The first kappa shape index (κ1) is 19.2. The second-order valence-electron chi connectivity index (χ2n) is 7.44. The summed E-state index contributed by atoms with van der Waals surface area (Å²) in [7, 11) is 0. The number of carbonyl (C=O) groups is 2. The molecule has 0 atom stereocenters. The van der Waals surface area contributed by atoms with Crippen molar-refractivity contribution < 1.29 is 19.1 Å². The van der Waals surface area contributed by atoms with Crippen LogP contribution in [-0.4, -0.2) is 16.9 Å². The molecule has 0 unspecified atom stereocenters. The number of phenolic OH excluding ortho intramolecular Hbond substituents is 1. The van der Waals surface area contributed by atoms with Gasteiger partial charge in [-0.15, -0.1) is 0 Å². The van der Waals surface area contributed by atoms with E-state index in [-0.39, 0.29) is 28.7 Å². The SMILES string of the molecule is CC(C)(C)c1ccc(O)c(NC(=O)c2ccc(NC(=O)c3ccco3)cc2)c1. The van der Waals surface area contributed by atoms with Crippen molar-refractivity contribution in [1.82, 2.24) is 0 Å². The predicted molar refractivity (Wildman–Crippen MR) is 108 cm³/mol. The minimum absolute atomic E-state index is 0.00341. The first-order valence-electron chi connectivity index (χ1n) is 8.84. The highest BCUT2D eigenvalue weighted by Gasteiger charge is 2.17. The van der Waals surface area contributed by atoms with Crippen LogP contribution in [0.15, 0.2) is 65.3 Å². The van der Waals surface area contributed by atoms with E-state index in [0.717, 1.165) is 5.56 Å². The average molecular weight is 378 g/mol. The van der Waals surface area contributed by atoms with E-state index >= 15 is 0 Å². The van der Waals surface area contributed by atoms with Crippen LogP contribution in [0.4, 0.5) is 11.4 Å². The summed E-state index contributed by atoms with van der Waals surface area (Å²) in [5.74, 6) is -0.518. The average Bonchev–Trinajstić information content (AvgIpc) is 3.18. The molecule has 0 fully saturated rings. The van der Waals surface area contributed by atoms with Crippen molar-refractivity contribution >= 4 is 23.2 Å². The molecule has 2 amide bonds. The third kappa shape index (κ3) is 4.40. The van der Waals surface area contributed by atoms with Gasteiger partial charge in [0.25, 0.3) is 11.8 Å². The van der Waals surface area contributed by atoms with Crippen LogP contribution in [0.2, 0.25) is 0 Å². The van der Waals surface area contributed by atoms with E-state index in [4.69, 9.17) is 4.42 Å². The molecule has 144 valence electrons. The van der Waals surface area contributed by atoms with E-state index in [1.54, 1.807) is 48.5 Å². The van der Waals surface area contributed by atoms with E-state index in [0.29, 0.717) is 16.9 Å². The van der Waals surface area contributed by atoms with Gasteiger partial charge in [0.2, 0.25) is 0 Å². The van der Waals surface area contributed by atoms with Gasteiger partial charge in [-0.2, -0.15) is 0 Å². The molecule has 1 aromatic heterocycles. The Morgan fingerprint density at radius 3 is 2.25 bits per heavy atom. The van der Waals surface area contributed by atoms with Crippen LogP contribution < -0.4 is 10.6 Å². The lowest BCUT2D eigenvalue weighted by Crippen LogP contribution is -2.15. The minimum atomic E-state index is -0.369. The number of phenols is 1. The highest BCUT2D eigenvalue weighted by Crippen LogP contribution is 2.31. The summed E-state index contributed by atoms with van der Waals surface area (Å²) < 4.78 is 5.04. The molecule has 0 radical (unpaired) electrons. The zero-order valence-corrected chi connectivity index (χ0v) is 15.9. The summed E-state index contributed by atoms with van der Waals surface area (Å²) in [4.78, 5) is 24.5. The minimum Gasteiger partial charge on any atom is -0.506 e. The summed E-state index contributed by atoms with van der Waals surface area (Å²) in [6.45, 7) is 6.17. The summed E-state index contributed by atoms with van der Waals surface area (Å²) in [6, 6.07) is 14.8. The number of aromatic hydroxyl groups is 1. The smallest absolute Gasteiger partial charge is 0.291 e. The van der Waals surface area contributed by atoms with Gasteiger partial charge in [0.05, 0.1) is 12.0 Å². The number of hydrogen-bond donors (Lipinski definition) is 3. The Kier molecular flexibility index (Phi) is 5.22. The lowest BCUT2D eigenvalue weighted by Gasteiger charge is -2.20. The first-order valence-corrected chi connectivity index (χ1v) is 8.84. The van der Waals surface area contributed by atoms with Crippen molar-refractivity contribution in [3.63, 3.8) is 0 Å². The predicted octanol–water partition coefficient (Wildman–Crippen LogP) is 4.79. The van der Waals surface area contributed by atoms with Crippen LogP contribution in [0.5, 0.6) is 5.75 Å². The lowest BCUT2D eigenvalue weighted by atomic mass is 9.87. The first-order chi connectivity index (χ1) is 13.2. The maximum atomic E-state index is 12.5. The summed E-state index contributed by atoms with van der Waals surface area (Å²) in [5.41, 5.74) is 2.18. The zero-order valence-electron chi connectivity index (χ0n) is 15.9. The van der Waals surface area contributed by atoms with Crippen LogP contribution in [0.3, 0.4) is 0 Å². The normalized spacial score (nSPS) is 11.1. The maximum Gasteiger partial charge on any atom is 0.291 e. The molecular formula is C22H22N2O4. The fourth-order valence-corrected chi connectivity index (χ4v) is 2.60. The summed E-state index contributed by atoms with van der Waals surface area (Å²) in [5, 5.41) is 15.5. The van der Waals surface area contributed by atoms with Gasteiger partial charge in [0.1, 0.15) is 5.75 Å². The Morgan fingerprint density at radius 1 is 0.929 bits per heavy atom. The van der Waals surface area contributed by atoms with Crippen molar-refractivity contribution in [3.8, 4) is 5.75 Å². The Hall–Kier alpha value is -3.54. The van der Waals surface area contributed by atoms with Crippen molar-refractivity contribution in [2.75, 3.05) is 10.6 Å². The van der Waals surface area contributed by atoms with Gasteiger partial charge < -0.3 is 20.2 Å². The van der Waals surface area contributed by atoms with Crippen molar-refractivity contribution in [1.29, 1.82) is 0 Å². The number of benzene rings is 2. The highest BCUT2D eigenvalue weighted by molar-refractivity contribution is 6.06. The molecule has 3 rings (SSSR count). The Balaban J connectivity index is 1.71. The van der Waals surface area contributed by atoms with Gasteiger partial charge in [-0.1, -0.05) is 26.8 Å². The molecule has 2 aromatic carbocycles. The number of nitrogens with one attached hydrogen (secondary N) is 2. The van der Waals surface area contributed by atoms with Gasteiger partial charge >= 0.3 is 0 Å². The van der Waals surface area contributed by atoms with Gasteiger partial charge in [0.15, 0.2) is 5.76 Å². The fourth-order valence-electron chi connectivity index (χ4n) is 2.60. The number of furan rings is 1. The largest absolute Gasteiger partial charge is 0.506 e. The highest BCUT2D eigenvalue weighted by atomic mass is 16.3. The molecule has 0 aliphatic carbocycles. The second-order valence-corrected chi connectivity index (χ2v) is 7.44. The Labute approximate surface area is 163 Å². The number of anilines is 2. The van der Waals surface area contributed by atoms with Gasteiger partial charge in [-0.3, -0.25) is 9.59 Å². The van der Waals surface area contributed by atoms with E-state index in [2.05, 4.69) is 31.4 Å². The quantitative estimate of drug-likeness (QED) is 0.569.